The Morgan fingerprint density at radius 1 is 1.29 bits per heavy atom. The van der Waals surface area contributed by atoms with Gasteiger partial charge in [0.15, 0.2) is 9.84 Å². The molecule has 14 heavy (non-hydrogen) atoms. The van der Waals surface area contributed by atoms with Crippen LogP contribution in [0, 0.1) is 0 Å². The molecule has 0 fully saturated rings. The van der Waals surface area contributed by atoms with Gasteiger partial charge in [0.2, 0.25) is 0 Å². The average molecular weight is 239 g/mol. The fourth-order valence-corrected chi connectivity index (χ4v) is 2.02. The maximum Gasteiger partial charge on any atom is 0.153 e. The molecule has 0 bridgehead atoms. The lowest BCUT2D eigenvalue weighted by Crippen LogP contribution is -2.30. The van der Waals surface area contributed by atoms with Crippen molar-refractivity contribution in [2.75, 3.05) is 25.1 Å². The van der Waals surface area contributed by atoms with Crippen LogP contribution < -0.4 is 5.32 Å². The maximum atomic E-state index is 11.4. The van der Waals surface area contributed by atoms with Crippen LogP contribution in [0.2, 0.25) is 0 Å². The third-order valence-electron chi connectivity index (χ3n) is 2.12. The van der Waals surface area contributed by atoms with Gasteiger partial charge in [-0.1, -0.05) is 6.92 Å². The zero-order chi connectivity index (χ0) is 11.2. The minimum atomic E-state index is -2.87. The van der Waals surface area contributed by atoms with E-state index in [0.717, 1.165) is 6.54 Å². The monoisotopic (exact) mass is 239 g/mol. The van der Waals surface area contributed by atoms with E-state index in [1.807, 2.05) is 0 Å². The number of rotatable bonds is 7. The molecule has 0 spiro atoms. The van der Waals surface area contributed by atoms with Crippen LogP contribution in [-0.2, 0) is 9.84 Å². The maximum absolute atomic E-state index is 11.4. The van der Waals surface area contributed by atoms with Crippen molar-refractivity contribution in [1.29, 1.82) is 0 Å². The Hall–Kier alpha value is 0.260. The molecular weight excluding hydrogens is 218 g/mol. The first-order valence-corrected chi connectivity index (χ1v) is 7.85. The molecule has 1 N–H and O–H groups in total. The zero-order valence-electron chi connectivity index (χ0n) is 9.41. The second-order valence-electron chi connectivity index (χ2n) is 3.67. The summed E-state index contributed by atoms with van der Waals surface area (Å²) in [4.78, 5) is 0. The van der Waals surface area contributed by atoms with Crippen molar-refractivity contribution in [1.82, 2.24) is 5.32 Å². The zero-order valence-corrected chi connectivity index (χ0v) is 11.0. The molecule has 0 aromatic carbocycles. The first kappa shape index (κ1) is 14.3. The Balaban J connectivity index is 3.65. The topological polar surface area (TPSA) is 46.2 Å². The van der Waals surface area contributed by atoms with Crippen molar-refractivity contribution in [3.63, 3.8) is 0 Å². The van der Waals surface area contributed by atoms with Gasteiger partial charge in [-0.25, -0.2) is 8.42 Å². The summed E-state index contributed by atoms with van der Waals surface area (Å²) in [7, 11) is -2.87. The molecule has 0 heterocycles. The van der Waals surface area contributed by atoms with Gasteiger partial charge >= 0.3 is 0 Å². The van der Waals surface area contributed by atoms with Crippen molar-refractivity contribution in [2.24, 2.45) is 0 Å². The first-order chi connectivity index (χ1) is 6.40. The Morgan fingerprint density at radius 2 is 1.86 bits per heavy atom. The fourth-order valence-electron chi connectivity index (χ4n) is 0.839. The van der Waals surface area contributed by atoms with Crippen molar-refractivity contribution in [3.05, 3.63) is 0 Å². The van der Waals surface area contributed by atoms with E-state index < -0.39 is 9.84 Å². The van der Waals surface area contributed by atoms with Crippen molar-refractivity contribution in [2.45, 2.75) is 31.3 Å². The summed E-state index contributed by atoms with van der Waals surface area (Å²) in [5.41, 5.74) is 0. The van der Waals surface area contributed by atoms with E-state index in [9.17, 15) is 8.42 Å². The third kappa shape index (κ3) is 5.88. The SMILES string of the molecule is CSC(C)CNCCS(=O)(=O)C(C)C. The van der Waals surface area contributed by atoms with Gasteiger partial charge in [-0.15, -0.1) is 0 Å². The largest absolute Gasteiger partial charge is 0.315 e. The molecule has 3 nitrogen and oxygen atoms in total. The van der Waals surface area contributed by atoms with Gasteiger partial charge in [0.05, 0.1) is 11.0 Å². The molecule has 0 radical (unpaired) electrons. The molecule has 0 saturated heterocycles. The molecule has 0 saturated carbocycles. The highest BCUT2D eigenvalue weighted by Crippen LogP contribution is 2.03. The molecular formula is C9H21NO2S2. The molecule has 0 aliphatic heterocycles. The van der Waals surface area contributed by atoms with Crippen molar-refractivity contribution >= 4 is 21.6 Å². The number of sulfone groups is 1. The highest BCUT2D eigenvalue weighted by molar-refractivity contribution is 7.99. The van der Waals surface area contributed by atoms with Crippen molar-refractivity contribution in [3.8, 4) is 0 Å². The minimum absolute atomic E-state index is 0.242. The summed E-state index contributed by atoms with van der Waals surface area (Å²) in [6, 6.07) is 0. The Morgan fingerprint density at radius 3 is 2.29 bits per heavy atom. The van der Waals surface area contributed by atoms with Crippen LogP contribution in [0.15, 0.2) is 0 Å². The molecule has 0 rings (SSSR count). The number of hydrogen-bond donors (Lipinski definition) is 1. The van der Waals surface area contributed by atoms with Gasteiger partial charge in [0, 0.05) is 18.3 Å². The summed E-state index contributed by atoms with van der Waals surface area (Å²) in [6.45, 7) is 6.99. The molecule has 0 aromatic rings. The number of nitrogens with one attached hydrogen (secondary N) is 1. The molecule has 5 heteroatoms. The van der Waals surface area contributed by atoms with Crippen LogP contribution in [0.25, 0.3) is 0 Å². The van der Waals surface area contributed by atoms with Crippen LogP contribution >= 0.6 is 11.8 Å². The van der Waals surface area contributed by atoms with Gasteiger partial charge < -0.3 is 5.32 Å². The van der Waals surface area contributed by atoms with Gasteiger partial charge in [0.25, 0.3) is 0 Å². The number of thioether (sulfide) groups is 1. The van der Waals surface area contributed by atoms with E-state index in [4.69, 9.17) is 0 Å². The molecule has 0 amide bonds. The predicted octanol–water partition coefficient (Wildman–Crippen LogP) is 1.15. The first-order valence-electron chi connectivity index (χ1n) is 4.85. The van der Waals surface area contributed by atoms with E-state index in [1.165, 1.54) is 0 Å². The van der Waals surface area contributed by atoms with E-state index in [1.54, 1.807) is 25.6 Å². The van der Waals surface area contributed by atoms with Crippen LogP contribution in [0.5, 0.6) is 0 Å². The second-order valence-corrected chi connectivity index (χ2v) is 7.62. The van der Waals surface area contributed by atoms with Crippen LogP contribution in [-0.4, -0.2) is 44.0 Å². The molecule has 1 unspecified atom stereocenters. The Labute approximate surface area is 92.0 Å². The van der Waals surface area contributed by atoms with Crippen molar-refractivity contribution < 1.29 is 8.42 Å². The summed E-state index contributed by atoms with van der Waals surface area (Å²) in [6.07, 6.45) is 2.05. The van der Waals surface area contributed by atoms with E-state index >= 15 is 0 Å². The smallest absolute Gasteiger partial charge is 0.153 e. The summed E-state index contributed by atoms with van der Waals surface area (Å²) in [5.74, 6) is 0.242. The quantitative estimate of drug-likeness (QED) is 0.677. The van der Waals surface area contributed by atoms with Crippen LogP contribution in [0.4, 0.5) is 0 Å². The summed E-state index contributed by atoms with van der Waals surface area (Å²) < 4.78 is 22.8. The Bertz CT molecular complexity index is 237. The summed E-state index contributed by atoms with van der Waals surface area (Å²) in [5, 5.41) is 3.42. The highest BCUT2D eigenvalue weighted by atomic mass is 32.2. The predicted molar refractivity (Wildman–Crippen MR) is 64.8 cm³/mol. The standard InChI is InChI=1S/C9H21NO2S2/c1-8(2)14(11,12)6-5-10-7-9(3)13-4/h8-10H,5-7H2,1-4H3. The minimum Gasteiger partial charge on any atom is -0.315 e. The molecule has 0 aliphatic carbocycles. The molecule has 1 atom stereocenters. The van der Waals surface area contributed by atoms with Gasteiger partial charge in [-0.3, -0.25) is 0 Å². The fraction of sp³-hybridized carbons (Fsp3) is 1.00. The summed E-state index contributed by atoms with van der Waals surface area (Å²) >= 11 is 1.78. The average Bonchev–Trinajstić information content (AvgIpc) is 2.11. The Kier molecular flexibility index (Phi) is 6.81. The second kappa shape index (κ2) is 6.69. The van der Waals surface area contributed by atoms with E-state index in [0.29, 0.717) is 11.8 Å². The lowest BCUT2D eigenvalue weighted by molar-refractivity contribution is 0.582. The van der Waals surface area contributed by atoms with E-state index in [-0.39, 0.29) is 11.0 Å². The van der Waals surface area contributed by atoms with Gasteiger partial charge in [-0.05, 0) is 20.1 Å². The third-order valence-corrected chi connectivity index (χ3v) is 5.30. The number of hydrogen-bond acceptors (Lipinski definition) is 4. The molecule has 86 valence electrons. The van der Waals surface area contributed by atoms with Gasteiger partial charge in [0.1, 0.15) is 0 Å². The molecule has 0 aliphatic rings. The van der Waals surface area contributed by atoms with E-state index in [2.05, 4.69) is 18.5 Å². The lowest BCUT2D eigenvalue weighted by atomic mass is 10.5. The highest BCUT2D eigenvalue weighted by Gasteiger charge is 2.14. The normalized spacial score (nSPS) is 14.6. The molecule has 0 aromatic heterocycles. The lowest BCUT2D eigenvalue weighted by Gasteiger charge is -2.11. The van der Waals surface area contributed by atoms with Gasteiger partial charge in [-0.2, -0.15) is 11.8 Å². The van der Waals surface area contributed by atoms with Crippen LogP contribution in [0.3, 0.4) is 0 Å². The van der Waals surface area contributed by atoms with Crippen LogP contribution in [0.1, 0.15) is 20.8 Å².